The highest BCUT2D eigenvalue weighted by Crippen LogP contribution is 2.18. The lowest BCUT2D eigenvalue weighted by atomic mass is 9.99. The molecular formula is C13H17Cl2IN2O. The molecule has 1 aliphatic heterocycles. The molecule has 106 valence electrons. The lowest BCUT2D eigenvalue weighted by molar-refractivity contribution is 0.0919. The number of hydrogen-bond acceptors (Lipinski definition) is 2. The Morgan fingerprint density at radius 3 is 2.95 bits per heavy atom. The van der Waals surface area contributed by atoms with Crippen LogP contribution in [-0.2, 0) is 0 Å². The standard InChI is InChI=1S/C13H16ClIN2O.ClH/c1-8-12(3-2-6-16-8)17-13(18)10-7-9(14)4-5-11(10)15;/h4-5,7-8,12,16H,2-3,6H2,1H3,(H,17,18);1H. The number of amides is 1. The molecule has 0 spiro atoms. The highest BCUT2D eigenvalue weighted by Gasteiger charge is 2.23. The maximum Gasteiger partial charge on any atom is 0.252 e. The third-order valence-electron chi connectivity index (χ3n) is 3.25. The first kappa shape index (κ1) is 17.0. The summed E-state index contributed by atoms with van der Waals surface area (Å²) in [5.74, 6) is -0.0394. The Morgan fingerprint density at radius 1 is 1.53 bits per heavy atom. The zero-order chi connectivity index (χ0) is 13.1. The van der Waals surface area contributed by atoms with Crippen LogP contribution < -0.4 is 10.6 Å². The van der Waals surface area contributed by atoms with E-state index >= 15 is 0 Å². The lowest BCUT2D eigenvalue weighted by Gasteiger charge is -2.30. The number of benzene rings is 1. The third-order valence-corrected chi connectivity index (χ3v) is 4.43. The molecule has 1 amide bonds. The predicted octanol–water partition coefficient (Wildman–Crippen LogP) is 3.24. The summed E-state index contributed by atoms with van der Waals surface area (Å²) < 4.78 is 0.922. The number of hydrogen-bond donors (Lipinski definition) is 2. The van der Waals surface area contributed by atoms with Crippen molar-refractivity contribution in [3.63, 3.8) is 0 Å². The van der Waals surface area contributed by atoms with E-state index in [0.29, 0.717) is 16.6 Å². The molecular weight excluding hydrogens is 398 g/mol. The molecule has 2 unspecified atom stereocenters. The Morgan fingerprint density at radius 2 is 2.26 bits per heavy atom. The van der Waals surface area contributed by atoms with Gasteiger partial charge in [-0.1, -0.05) is 11.6 Å². The molecule has 1 fully saturated rings. The van der Waals surface area contributed by atoms with Crippen molar-refractivity contribution in [2.75, 3.05) is 6.54 Å². The van der Waals surface area contributed by atoms with E-state index in [-0.39, 0.29) is 24.4 Å². The molecule has 1 heterocycles. The van der Waals surface area contributed by atoms with Gasteiger partial charge in [-0.25, -0.2) is 0 Å². The van der Waals surface area contributed by atoms with Crippen LogP contribution in [0.1, 0.15) is 30.1 Å². The minimum atomic E-state index is -0.0394. The van der Waals surface area contributed by atoms with Crippen molar-refractivity contribution in [2.45, 2.75) is 31.8 Å². The molecule has 3 nitrogen and oxygen atoms in total. The van der Waals surface area contributed by atoms with Gasteiger partial charge in [0.05, 0.1) is 5.56 Å². The van der Waals surface area contributed by atoms with Gasteiger partial charge in [-0.2, -0.15) is 0 Å². The molecule has 2 N–H and O–H groups in total. The molecule has 0 bridgehead atoms. The van der Waals surface area contributed by atoms with Gasteiger partial charge >= 0.3 is 0 Å². The molecule has 19 heavy (non-hydrogen) atoms. The number of carbonyl (C=O) groups excluding carboxylic acids is 1. The van der Waals surface area contributed by atoms with E-state index in [1.54, 1.807) is 12.1 Å². The predicted molar refractivity (Wildman–Crippen MR) is 89.4 cm³/mol. The molecule has 0 radical (unpaired) electrons. The average molecular weight is 415 g/mol. The average Bonchev–Trinajstić information content (AvgIpc) is 2.35. The monoisotopic (exact) mass is 414 g/mol. The van der Waals surface area contributed by atoms with Crippen LogP contribution in [0.5, 0.6) is 0 Å². The molecule has 6 heteroatoms. The van der Waals surface area contributed by atoms with Gasteiger partial charge in [-0.15, -0.1) is 12.4 Å². The Balaban J connectivity index is 0.00000180. The normalized spacial score (nSPS) is 22.5. The molecule has 0 aromatic heterocycles. The van der Waals surface area contributed by atoms with Crippen LogP contribution in [0.3, 0.4) is 0 Å². The van der Waals surface area contributed by atoms with Crippen molar-refractivity contribution < 1.29 is 4.79 Å². The van der Waals surface area contributed by atoms with Crippen molar-refractivity contribution in [3.8, 4) is 0 Å². The van der Waals surface area contributed by atoms with E-state index < -0.39 is 0 Å². The van der Waals surface area contributed by atoms with Crippen LogP contribution in [0.15, 0.2) is 18.2 Å². The van der Waals surface area contributed by atoms with Crippen LogP contribution in [0.2, 0.25) is 5.02 Å². The van der Waals surface area contributed by atoms with Gasteiger partial charge < -0.3 is 10.6 Å². The lowest BCUT2D eigenvalue weighted by Crippen LogP contribution is -2.52. The van der Waals surface area contributed by atoms with Gasteiger partial charge in [-0.05, 0) is 67.1 Å². The highest BCUT2D eigenvalue weighted by atomic mass is 127. The second-order valence-electron chi connectivity index (χ2n) is 4.59. The number of carbonyl (C=O) groups is 1. The molecule has 1 saturated heterocycles. The smallest absolute Gasteiger partial charge is 0.252 e. The Bertz CT molecular complexity index is 456. The Kier molecular flexibility index (Phi) is 6.86. The molecule has 2 rings (SSSR count). The van der Waals surface area contributed by atoms with Gasteiger partial charge in [0, 0.05) is 20.7 Å². The summed E-state index contributed by atoms with van der Waals surface area (Å²) in [6.45, 7) is 3.13. The first-order chi connectivity index (χ1) is 8.58. The number of halogens is 3. The number of nitrogens with one attached hydrogen (secondary N) is 2. The molecule has 2 atom stereocenters. The first-order valence-electron chi connectivity index (χ1n) is 6.07. The second kappa shape index (κ2) is 7.67. The summed E-state index contributed by atoms with van der Waals surface area (Å²) in [5, 5.41) is 7.05. The number of rotatable bonds is 2. The van der Waals surface area contributed by atoms with E-state index in [2.05, 4.69) is 40.1 Å². The van der Waals surface area contributed by atoms with E-state index in [0.717, 1.165) is 23.0 Å². The zero-order valence-corrected chi connectivity index (χ0v) is 14.3. The van der Waals surface area contributed by atoms with Crippen LogP contribution in [0.4, 0.5) is 0 Å². The third kappa shape index (κ3) is 4.48. The molecule has 0 saturated carbocycles. The topological polar surface area (TPSA) is 41.1 Å². The van der Waals surface area contributed by atoms with Crippen LogP contribution in [-0.4, -0.2) is 24.5 Å². The molecule has 1 aromatic carbocycles. The second-order valence-corrected chi connectivity index (χ2v) is 6.19. The number of piperidine rings is 1. The fourth-order valence-corrected chi connectivity index (χ4v) is 2.91. The fourth-order valence-electron chi connectivity index (χ4n) is 2.16. The van der Waals surface area contributed by atoms with Gasteiger partial charge in [0.1, 0.15) is 0 Å². The van der Waals surface area contributed by atoms with Crippen molar-refractivity contribution in [3.05, 3.63) is 32.4 Å². The van der Waals surface area contributed by atoms with Crippen molar-refractivity contribution in [2.24, 2.45) is 0 Å². The van der Waals surface area contributed by atoms with E-state index in [1.807, 2.05) is 6.07 Å². The van der Waals surface area contributed by atoms with Gasteiger partial charge in [0.15, 0.2) is 0 Å². The molecule has 1 aromatic rings. The Labute approximate surface area is 138 Å². The minimum Gasteiger partial charge on any atom is -0.348 e. The van der Waals surface area contributed by atoms with Crippen LogP contribution in [0.25, 0.3) is 0 Å². The SMILES string of the molecule is CC1NCCCC1NC(=O)c1cc(Cl)ccc1I.Cl. The summed E-state index contributed by atoms with van der Waals surface area (Å²) in [4.78, 5) is 12.2. The van der Waals surface area contributed by atoms with Gasteiger partial charge in [-0.3, -0.25) is 4.79 Å². The minimum absolute atomic E-state index is 0. The quantitative estimate of drug-likeness (QED) is 0.729. The summed E-state index contributed by atoms with van der Waals surface area (Å²) in [5.41, 5.74) is 0.654. The maximum atomic E-state index is 12.2. The van der Waals surface area contributed by atoms with Crippen LogP contribution >= 0.6 is 46.6 Å². The van der Waals surface area contributed by atoms with Crippen molar-refractivity contribution in [1.82, 2.24) is 10.6 Å². The van der Waals surface area contributed by atoms with Crippen molar-refractivity contribution >= 4 is 52.5 Å². The van der Waals surface area contributed by atoms with Crippen molar-refractivity contribution in [1.29, 1.82) is 0 Å². The van der Waals surface area contributed by atoms with E-state index in [9.17, 15) is 4.79 Å². The molecule has 1 aliphatic rings. The van der Waals surface area contributed by atoms with Crippen LogP contribution in [0, 0.1) is 3.57 Å². The fraction of sp³-hybridized carbons (Fsp3) is 0.462. The van der Waals surface area contributed by atoms with E-state index in [1.165, 1.54) is 0 Å². The summed E-state index contributed by atoms with van der Waals surface area (Å²) in [6, 6.07) is 5.89. The maximum absolute atomic E-state index is 12.2. The Hall–Kier alpha value is -0.0400. The summed E-state index contributed by atoms with van der Waals surface area (Å²) in [6.07, 6.45) is 2.12. The van der Waals surface area contributed by atoms with Gasteiger partial charge in [0.2, 0.25) is 0 Å². The summed E-state index contributed by atoms with van der Waals surface area (Å²) in [7, 11) is 0. The zero-order valence-electron chi connectivity index (χ0n) is 10.6. The summed E-state index contributed by atoms with van der Waals surface area (Å²) >= 11 is 8.09. The van der Waals surface area contributed by atoms with Gasteiger partial charge in [0.25, 0.3) is 5.91 Å². The van der Waals surface area contributed by atoms with E-state index in [4.69, 9.17) is 11.6 Å². The first-order valence-corrected chi connectivity index (χ1v) is 7.53. The largest absolute Gasteiger partial charge is 0.348 e. The molecule has 0 aliphatic carbocycles. The highest BCUT2D eigenvalue weighted by molar-refractivity contribution is 14.1.